The SMILES string of the molecule is Cc1cn(-c2ccccc2)c(NCC(F)(F)F)n1. The highest BCUT2D eigenvalue weighted by molar-refractivity contribution is 5.42. The van der Waals surface area contributed by atoms with E-state index in [-0.39, 0.29) is 5.95 Å². The zero-order valence-electron chi connectivity index (χ0n) is 9.70. The molecule has 0 fully saturated rings. The van der Waals surface area contributed by atoms with Crippen molar-refractivity contribution in [2.24, 2.45) is 0 Å². The van der Waals surface area contributed by atoms with Crippen molar-refractivity contribution in [3.8, 4) is 5.69 Å². The fourth-order valence-corrected chi connectivity index (χ4v) is 1.59. The first-order valence-corrected chi connectivity index (χ1v) is 5.38. The Morgan fingerprint density at radius 1 is 1.22 bits per heavy atom. The van der Waals surface area contributed by atoms with Crippen molar-refractivity contribution in [3.63, 3.8) is 0 Å². The second-order valence-electron chi connectivity index (χ2n) is 3.88. The van der Waals surface area contributed by atoms with Gasteiger partial charge >= 0.3 is 6.18 Å². The summed E-state index contributed by atoms with van der Waals surface area (Å²) < 4.78 is 38.1. The molecule has 3 nitrogen and oxygen atoms in total. The minimum atomic E-state index is -4.26. The molecule has 2 aromatic rings. The summed E-state index contributed by atoms with van der Waals surface area (Å²) in [5.74, 6) is 0.191. The maximum Gasteiger partial charge on any atom is 0.405 e. The zero-order valence-corrected chi connectivity index (χ0v) is 9.70. The summed E-state index contributed by atoms with van der Waals surface area (Å²) in [5, 5.41) is 2.30. The van der Waals surface area contributed by atoms with Crippen LogP contribution < -0.4 is 5.32 Å². The Labute approximate surface area is 102 Å². The number of rotatable bonds is 3. The van der Waals surface area contributed by atoms with Gasteiger partial charge in [0.2, 0.25) is 5.95 Å². The number of hydrogen-bond acceptors (Lipinski definition) is 2. The topological polar surface area (TPSA) is 29.9 Å². The quantitative estimate of drug-likeness (QED) is 0.913. The molecule has 0 amide bonds. The smallest absolute Gasteiger partial charge is 0.346 e. The number of halogens is 3. The molecule has 0 aliphatic rings. The number of para-hydroxylation sites is 1. The van der Waals surface area contributed by atoms with Crippen molar-refractivity contribution >= 4 is 5.95 Å². The van der Waals surface area contributed by atoms with Crippen molar-refractivity contribution in [1.29, 1.82) is 0 Å². The van der Waals surface area contributed by atoms with E-state index in [0.29, 0.717) is 5.69 Å². The molecule has 0 unspecified atom stereocenters. The molecule has 1 N–H and O–H groups in total. The second kappa shape index (κ2) is 4.72. The van der Waals surface area contributed by atoms with Gasteiger partial charge in [-0.25, -0.2) is 4.98 Å². The van der Waals surface area contributed by atoms with Gasteiger partial charge in [0.05, 0.1) is 5.69 Å². The van der Waals surface area contributed by atoms with Crippen LogP contribution in [0.2, 0.25) is 0 Å². The van der Waals surface area contributed by atoms with E-state index in [1.165, 1.54) is 0 Å². The van der Waals surface area contributed by atoms with Crippen LogP contribution >= 0.6 is 0 Å². The lowest BCUT2D eigenvalue weighted by Crippen LogP contribution is -2.22. The minimum Gasteiger partial charge on any atom is -0.346 e. The Balaban J connectivity index is 2.26. The van der Waals surface area contributed by atoms with Gasteiger partial charge < -0.3 is 5.32 Å². The van der Waals surface area contributed by atoms with Gasteiger partial charge in [0.25, 0.3) is 0 Å². The van der Waals surface area contributed by atoms with Crippen molar-refractivity contribution in [1.82, 2.24) is 9.55 Å². The molecule has 0 atom stereocenters. The summed E-state index contributed by atoms with van der Waals surface area (Å²) in [6.07, 6.45) is -2.57. The number of nitrogens with zero attached hydrogens (tertiary/aromatic N) is 2. The van der Waals surface area contributed by atoms with Crippen LogP contribution in [0.25, 0.3) is 5.69 Å². The van der Waals surface area contributed by atoms with E-state index in [9.17, 15) is 13.2 Å². The van der Waals surface area contributed by atoms with Crippen molar-refractivity contribution in [3.05, 3.63) is 42.2 Å². The van der Waals surface area contributed by atoms with Crippen LogP contribution in [0.15, 0.2) is 36.5 Å². The predicted octanol–water partition coefficient (Wildman–Crippen LogP) is 3.15. The zero-order chi connectivity index (χ0) is 13.2. The molecule has 6 heteroatoms. The van der Waals surface area contributed by atoms with Crippen LogP contribution in [0.3, 0.4) is 0 Å². The van der Waals surface area contributed by atoms with Crippen molar-refractivity contribution < 1.29 is 13.2 Å². The van der Waals surface area contributed by atoms with E-state index < -0.39 is 12.7 Å². The number of anilines is 1. The number of imidazole rings is 1. The lowest BCUT2D eigenvalue weighted by Gasteiger charge is -2.11. The summed E-state index contributed by atoms with van der Waals surface area (Å²) in [4.78, 5) is 4.04. The molecule has 0 saturated heterocycles. The van der Waals surface area contributed by atoms with Gasteiger partial charge in [-0.1, -0.05) is 18.2 Å². The number of benzene rings is 1. The van der Waals surface area contributed by atoms with Crippen molar-refractivity contribution in [2.45, 2.75) is 13.1 Å². The van der Waals surface area contributed by atoms with Gasteiger partial charge in [0.1, 0.15) is 6.54 Å². The van der Waals surface area contributed by atoms with Crippen LogP contribution in [0.4, 0.5) is 19.1 Å². The number of hydrogen-bond donors (Lipinski definition) is 1. The minimum absolute atomic E-state index is 0.191. The Bertz CT molecular complexity index is 517. The average Bonchev–Trinajstić information content (AvgIpc) is 2.68. The van der Waals surface area contributed by atoms with Gasteiger partial charge in [0, 0.05) is 11.9 Å². The predicted molar refractivity (Wildman–Crippen MR) is 62.8 cm³/mol. The lowest BCUT2D eigenvalue weighted by atomic mass is 10.3. The highest BCUT2D eigenvalue weighted by atomic mass is 19.4. The molecule has 0 bridgehead atoms. The molecule has 2 rings (SSSR count). The summed E-state index contributed by atoms with van der Waals surface area (Å²) in [6.45, 7) is 0.633. The lowest BCUT2D eigenvalue weighted by molar-refractivity contribution is -0.115. The number of aromatic nitrogens is 2. The van der Waals surface area contributed by atoms with Gasteiger partial charge in [-0.3, -0.25) is 4.57 Å². The highest BCUT2D eigenvalue weighted by Gasteiger charge is 2.27. The first kappa shape index (κ1) is 12.5. The van der Waals surface area contributed by atoms with E-state index in [1.54, 1.807) is 29.8 Å². The third-order valence-electron chi connectivity index (χ3n) is 2.31. The highest BCUT2D eigenvalue weighted by Crippen LogP contribution is 2.19. The largest absolute Gasteiger partial charge is 0.405 e. The van der Waals surface area contributed by atoms with Crippen LogP contribution in [0.5, 0.6) is 0 Å². The molecule has 0 saturated carbocycles. The fraction of sp³-hybridized carbons (Fsp3) is 0.250. The standard InChI is InChI=1S/C12H12F3N3/c1-9-7-18(10-5-3-2-4-6-10)11(17-9)16-8-12(13,14)15/h2-7H,8H2,1H3,(H,16,17). The monoisotopic (exact) mass is 255 g/mol. The van der Waals surface area contributed by atoms with E-state index in [1.807, 2.05) is 18.2 Å². The third kappa shape index (κ3) is 3.03. The van der Waals surface area contributed by atoms with Crippen LogP contribution in [0, 0.1) is 6.92 Å². The van der Waals surface area contributed by atoms with Crippen molar-refractivity contribution in [2.75, 3.05) is 11.9 Å². The van der Waals surface area contributed by atoms with Crippen LogP contribution in [-0.4, -0.2) is 22.3 Å². The normalized spacial score (nSPS) is 11.6. The molecule has 96 valence electrons. The molecule has 1 aromatic carbocycles. The number of alkyl halides is 3. The summed E-state index contributed by atoms with van der Waals surface area (Å²) in [5.41, 5.74) is 1.42. The first-order chi connectivity index (χ1) is 8.46. The number of nitrogens with one attached hydrogen (secondary N) is 1. The summed E-state index contributed by atoms with van der Waals surface area (Å²) in [7, 11) is 0. The Morgan fingerprint density at radius 3 is 2.50 bits per heavy atom. The third-order valence-corrected chi connectivity index (χ3v) is 2.31. The second-order valence-corrected chi connectivity index (χ2v) is 3.88. The first-order valence-electron chi connectivity index (χ1n) is 5.38. The Kier molecular flexibility index (Phi) is 3.27. The molecule has 0 radical (unpaired) electrons. The maximum atomic E-state index is 12.2. The van der Waals surface area contributed by atoms with Crippen LogP contribution in [0.1, 0.15) is 5.69 Å². The van der Waals surface area contributed by atoms with Gasteiger partial charge in [-0.2, -0.15) is 13.2 Å². The molecular weight excluding hydrogens is 243 g/mol. The fourth-order valence-electron chi connectivity index (χ4n) is 1.59. The molecule has 0 spiro atoms. The molecular formula is C12H12F3N3. The van der Waals surface area contributed by atoms with E-state index in [2.05, 4.69) is 10.3 Å². The maximum absolute atomic E-state index is 12.2. The molecule has 0 aliphatic heterocycles. The van der Waals surface area contributed by atoms with E-state index in [4.69, 9.17) is 0 Å². The molecule has 1 heterocycles. The average molecular weight is 255 g/mol. The summed E-state index contributed by atoms with van der Waals surface area (Å²) >= 11 is 0. The Hall–Kier alpha value is -1.98. The van der Waals surface area contributed by atoms with Gasteiger partial charge in [-0.15, -0.1) is 0 Å². The molecule has 1 aromatic heterocycles. The molecule has 18 heavy (non-hydrogen) atoms. The molecule has 0 aliphatic carbocycles. The van der Waals surface area contributed by atoms with E-state index >= 15 is 0 Å². The van der Waals surface area contributed by atoms with Gasteiger partial charge in [-0.05, 0) is 19.1 Å². The van der Waals surface area contributed by atoms with E-state index in [0.717, 1.165) is 5.69 Å². The number of aryl methyl sites for hydroxylation is 1. The van der Waals surface area contributed by atoms with Crippen LogP contribution in [-0.2, 0) is 0 Å². The Morgan fingerprint density at radius 2 is 1.89 bits per heavy atom. The summed E-state index contributed by atoms with van der Waals surface area (Å²) in [6, 6.07) is 9.09. The van der Waals surface area contributed by atoms with Gasteiger partial charge in [0.15, 0.2) is 0 Å².